The van der Waals surface area contributed by atoms with Gasteiger partial charge in [-0.05, 0) is 31.4 Å². The number of nitrogens with zero attached hydrogens (tertiary/aromatic N) is 2. The first kappa shape index (κ1) is 20.7. The normalized spacial score (nSPS) is 12.0. The summed E-state index contributed by atoms with van der Waals surface area (Å²) in [5, 5.41) is 19.7. The summed E-state index contributed by atoms with van der Waals surface area (Å²) in [4.78, 5) is 24.7. The van der Waals surface area contributed by atoms with Crippen molar-refractivity contribution < 1.29 is 9.59 Å². The highest BCUT2D eigenvalue weighted by atomic mass is 16.2. The van der Waals surface area contributed by atoms with Crippen molar-refractivity contribution in [3.05, 3.63) is 34.9 Å². The molecule has 2 rings (SSSR count). The van der Waals surface area contributed by atoms with Gasteiger partial charge >= 0.3 is 0 Å². The maximum Gasteiger partial charge on any atom is 0.272 e. The summed E-state index contributed by atoms with van der Waals surface area (Å²) in [6.07, 6.45) is 5.35. The van der Waals surface area contributed by atoms with E-state index in [0.29, 0.717) is 17.9 Å². The monoisotopic (exact) mass is 374 g/mol. The first-order valence-electron chi connectivity index (χ1n) is 9.74. The van der Waals surface area contributed by atoms with Gasteiger partial charge in [0.2, 0.25) is 0 Å². The van der Waals surface area contributed by atoms with E-state index in [-0.39, 0.29) is 17.9 Å². The quantitative estimate of drug-likeness (QED) is 0.483. The van der Waals surface area contributed by atoms with Gasteiger partial charge in [0.05, 0.1) is 0 Å². The van der Waals surface area contributed by atoms with Crippen molar-refractivity contribution in [3.63, 3.8) is 0 Å². The molecule has 0 saturated heterocycles. The topological polar surface area (TPSA) is 116 Å². The number of hydrogen-bond donors (Lipinski definition) is 4. The van der Waals surface area contributed by atoms with Crippen LogP contribution in [-0.2, 0) is 12.8 Å². The van der Waals surface area contributed by atoms with Crippen molar-refractivity contribution in [1.82, 2.24) is 31.0 Å². The Morgan fingerprint density at radius 1 is 0.926 bits per heavy atom. The highest BCUT2D eigenvalue weighted by molar-refractivity contribution is 5.93. The van der Waals surface area contributed by atoms with E-state index in [9.17, 15) is 9.59 Å². The third-order valence-corrected chi connectivity index (χ3v) is 4.25. The summed E-state index contributed by atoms with van der Waals surface area (Å²) in [6, 6.07) is 3.39. The van der Waals surface area contributed by atoms with Crippen molar-refractivity contribution in [2.45, 2.75) is 65.3 Å². The number of nitrogens with one attached hydrogen (secondary N) is 4. The Labute approximate surface area is 159 Å². The fraction of sp³-hybridized carbons (Fsp3) is 0.579. The number of aromatic nitrogens is 4. The van der Waals surface area contributed by atoms with Crippen LogP contribution in [0.15, 0.2) is 12.1 Å². The number of carbonyl (C=O) groups excluding carboxylic acids is 2. The van der Waals surface area contributed by atoms with E-state index in [1.54, 1.807) is 12.1 Å². The molecule has 0 aliphatic heterocycles. The lowest BCUT2D eigenvalue weighted by Gasteiger charge is -2.17. The molecular formula is C19H30N6O2. The molecule has 27 heavy (non-hydrogen) atoms. The van der Waals surface area contributed by atoms with Crippen molar-refractivity contribution in [2.24, 2.45) is 0 Å². The van der Waals surface area contributed by atoms with Crippen LogP contribution >= 0.6 is 0 Å². The summed E-state index contributed by atoms with van der Waals surface area (Å²) in [7, 11) is 0. The van der Waals surface area contributed by atoms with Crippen molar-refractivity contribution in [1.29, 1.82) is 0 Å². The van der Waals surface area contributed by atoms with Crippen molar-refractivity contribution >= 4 is 11.8 Å². The van der Waals surface area contributed by atoms with E-state index < -0.39 is 0 Å². The predicted molar refractivity (Wildman–Crippen MR) is 104 cm³/mol. The molecule has 4 N–H and O–H groups in total. The van der Waals surface area contributed by atoms with E-state index in [1.807, 2.05) is 6.92 Å². The maximum atomic E-state index is 12.4. The number of rotatable bonds is 11. The number of H-pyrrole nitrogens is 2. The lowest BCUT2D eigenvalue weighted by molar-refractivity contribution is 0.0901. The van der Waals surface area contributed by atoms with Crippen LogP contribution in [0.4, 0.5) is 0 Å². The second-order valence-electron chi connectivity index (χ2n) is 6.73. The molecule has 0 saturated carbocycles. The zero-order chi connectivity index (χ0) is 19.6. The molecule has 2 heterocycles. The Morgan fingerprint density at radius 3 is 2.00 bits per heavy atom. The molecule has 1 atom stereocenters. The Bertz CT molecular complexity index is 736. The molecule has 148 valence electrons. The van der Waals surface area contributed by atoms with Gasteiger partial charge in [0.15, 0.2) is 0 Å². The molecule has 0 aliphatic rings. The van der Waals surface area contributed by atoms with Gasteiger partial charge < -0.3 is 10.6 Å². The Balaban J connectivity index is 1.89. The van der Waals surface area contributed by atoms with Gasteiger partial charge in [0.1, 0.15) is 11.4 Å². The zero-order valence-corrected chi connectivity index (χ0v) is 16.4. The molecule has 1 unspecified atom stereocenters. The zero-order valence-electron chi connectivity index (χ0n) is 16.4. The molecule has 2 aromatic rings. The van der Waals surface area contributed by atoms with E-state index in [1.165, 1.54) is 0 Å². The highest BCUT2D eigenvalue weighted by Crippen LogP contribution is 2.05. The van der Waals surface area contributed by atoms with Gasteiger partial charge in [-0.25, -0.2) is 0 Å². The van der Waals surface area contributed by atoms with E-state index in [0.717, 1.165) is 49.9 Å². The Kier molecular flexibility index (Phi) is 8.03. The summed E-state index contributed by atoms with van der Waals surface area (Å²) >= 11 is 0. The molecule has 8 nitrogen and oxygen atoms in total. The lowest BCUT2D eigenvalue weighted by atomic mass is 10.1. The van der Waals surface area contributed by atoms with Gasteiger partial charge in [0.25, 0.3) is 11.8 Å². The third-order valence-electron chi connectivity index (χ3n) is 4.25. The summed E-state index contributed by atoms with van der Waals surface area (Å²) in [5.41, 5.74) is 2.64. The molecule has 2 aromatic heterocycles. The molecule has 0 spiro atoms. The van der Waals surface area contributed by atoms with Gasteiger partial charge in [-0.3, -0.25) is 19.8 Å². The molecule has 0 aliphatic carbocycles. The first-order chi connectivity index (χ1) is 13.1. The van der Waals surface area contributed by atoms with Crippen molar-refractivity contribution in [2.75, 3.05) is 6.54 Å². The van der Waals surface area contributed by atoms with Crippen LogP contribution in [0.3, 0.4) is 0 Å². The predicted octanol–water partition coefficient (Wildman–Crippen LogP) is 2.37. The van der Waals surface area contributed by atoms with Crippen LogP contribution in [0, 0.1) is 0 Å². The molecule has 0 fully saturated rings. The average Bonchev–Trinajstić information content (AvgIpc) is 3.30. The first-order valence-corrected chi connectivity index (χ1v) is 9.74. The molecule has 0 bridgehead atoms. The minimum atomic E-state index is -0.242. The number of amides is 2. The van der Waals surface area contributed by atoms with E-state index >= 15 is 0 Å². The van der Waals surface area contributed by atoms with Crippen LogP contribution in [0.25, 0.3) is 0 Å². The Hall–Kier alpha value is -2.64. The third kappa shape index (κ3) is 6.23. The van der Waals surface area contributed by atoms with Crippen LogP contribution in [0.2, 0.25) is 0 Å². The molecule has 2 amide bonds. The summed E-state index contributed by atoms with van der Waals surface area (Å²) in [6.45, 7) is 6.54. The van der Waals surface area contributed by atoms with Crippen molar-refractivity contribution in [3.8, 4) is 0 Å². The SMILES string of the molecule is CCCc1cc(C(=O)NCC(CCC)NC(=O)c2cc(CCC)[nH]n2)n[nH]1. The van der Waals surface area contributed by atoms with Gasteiger partial charge in [-0.1, -0.05) is 40.0 Å². The van der Waals surface area contributed by atoms with Gasteiger partial charge in [-0.15, -0.1) is 0 Å². The van der Waals surface area contributed by atoms with Crippen LogP contribution < -0.4 is 10.6 Å². The molecular weight excluding hydrogens is 344 g/mol. The van der Waals surface area contributed by atoms with Crippen LogP contribution in [-0.4, -0.2) is 44.8 Å². The fourth-order valence-corrected chi connectivity index (χ4v) is 2.89. The van der Waals surface area contributed by atoms with E-state index in [4.69, 9.17) is 0 Å². The number of aryl methyl sites for hydroxylation is 2. The number of hydrogen-bond acceptors (Lipinski definition) is 4. The largest absolute Gasteiger partial charge is 0.349 e. The molecule has 8 heteroatoms. The smallest absolute Gasteiger partial charge is 0.272 e. The maximum absolute atomic E-state index is 12.4. The lowest BCUT2D eigenvalue weighted by Crippen LogP contribution is -2.43. The Morgan fingerprint density at radius 2 is 1.48 bits per heavy atom. The number of carbonyl (C=O) groups is 2. The molecule has 0 radical (unpaired) electrons. The minimum absolute atomic E-state index is 0.160. The average molecular weight is 374 g/mol. The summed E-state index contributed by atoms with van der Waals surface area (Å²) < 4.78 is 0. The van der Waals surface area contributed by atoms with Gasteiger partial charge in [-0.2, -0.15) is 10.2 Å². The second-order valence-corrected chi connectivity index (χ2v) is 6.73. The second kappa shape index (κ2) is 10.5. The minimum Gasteiger partial charge on any atom is -0.349 e. The number of aromatic amines is 2. The van der Waals surface area contributed by atoms with Crippen LogP contribution in [0.5, 0.6) is 0 Å². The van der Waals surface area contributed by atoms with Gasteiger partial charge in [0, 0.05) is 24.0 Å². The fourth-order valence-electron chi connectivity index (χ4n) is 2.89. The van der Waals surface area contributed by atoms with E-state index in [2.05, 4.69) is 44.9 Å². The molecule has 0 aromatic carbocycles. The summed E-state index contributed by atoms with van der Waals surface area (Å²) in [5.74, 6) is -0.472. The highest BCUT2D eigenvalue weighted by Gasteiger charge is 2.18. The standard InChI is InChI=1S/C19H30N6O2/c1-4-7-13-10-16(24-22-13)18(26)20-12-15(9-6-3)21-19(27)17-11-14(8-5-2)23-25-17/h10-11,15H,4-9,12H2,1-3H3,(H,20,26)(H,21,27)(H,22,24)(H,23,25). The van der Waals surface area contributed by atoms with Crippen LogP contribution in [0.1, 0.15) is 78.8 Å².